The maximum atomic E-state index is 13.5. The summed E-state index contributed by atoms with van der Waals surface area (Å²) in [6, 6.07) is 9.46. The van der Waals surface area contributed by atoms with E-state index in [2.05, 4.69) is 10.6 Å². The van der Waals surface area contributed by atoms with Crippen LogP contribution in [0.1, 0.15) is 24.8 Å². The number of methoxy groups -OCH3 is 2. The van der Waals surface area contributed by atoms with Gasteiger partial charge < -0.3 is 24.8 Å². The zero-order valence-corrected chi connectivity index (χ0v) is 19.2. The number of fused-ring (bicyclic) bond motifs is 1. The van der Waals surface area contributed by atoms with E-state index in [1.807, 2.05) is 6.07 Å². The summed E-state index contributed by atoms with van der Waals surface area (Å²) >= 11 is 5.65. The third kappa shape index (κ3) is 5.00. The summed E-state index contributed by atoms with van der Waals surface area (Å²) in [5.74, 6) is 0.734. The average molecular weight is 477 g/mol. The van der Waals surface area contributed by atoms with E-state index in [1.54, 1.807) is 26.4 Å². The van der Waals surface area contributed by atoms with Gasteiger partial charge in [0.15, 0.2) is 6.61 Å². The Morgan fingerprint density at radius 3 is 2.55 bits per heavy atom. The highest BCUT2D eigenvalue weighted by Crippen LogP contribution is 2.55. The van der Waals surface area contributed by atoms with E-state index in [1.165, 1.54) is 12.1 Å². The molecule has 3 aliphatic carbocycles. The van der Waals surface area contributed by atoms with Gasteiger partial charge in [0.2, 0.25) is 5.91 Å². The first-order valence-electron chi connectivity index (χ1n) is 10.7. The molecule has 2 amide bonds. The number of amides is 2. The van der Waals surface area contributed by atoms with Crippen molar-refractivity contribution in [2.75, 3.05) is 20.8 Å². The molecule has 33 heavy (non-hydrogen) atoms. The Labute approximate surface area is 196 Å². The topological polar surface area (TPSA) is 85.9 Å². The number of rotatable bonds is 9. The van der Waals surface area contributed by atoms with Gasteiger partial charge in [0.05, 0.1) is 19.2 Å². The number of hydrogen-bond acceptors (Lipinski definition) is 5. The van der Waals surface area contributed by atoms with Gasteiger partial charge in [-0.1, -0.05) is 11.6 Å². The first-order valence-corrected chi connectivity index (χ1v) is 11.1. The van der Waals surface area contributed by atoms with Crippen LogP contribution >= 0.6 is 11.6 Å². The quantitative estimate of drug-likeness (QED) is 0.578. The van der Waals surface area contributed by atoms with Crippen molar-refractivity contribution < 1.29 is 28.2 Å². The molecule has 1 atom stereocenters. The number of carbonyl (C=O) groups excluding carboxylic acids is 2. The third-order valence-electron chi connectivity index (χ3n) is 6.43. The second kappa shape index (κ2) is 9.47. The first-order chi connectivity index (χ1) is 15.8. The molecule has 7 nitrogen and oxygen atoms in total. The molecule has 2 bridgehead atoms. The minimum Gasteiger partial charge on any atom is -0.497 e. The molecule has 0 unspecified atom stereocenters. The molecule has 0 aromatic heterocycles. The molecule has 2 aromatic carbocycles. The van der Waals surface area contributed by atoms with E-state index >= 15 is 0 Å². The van der Waals surface area contributed by atoms with E-state index in [9.17, 15) is 14.0 Å². The minimum absolute atomic E-state index is 0.00804. The van der Waals surface area contributed by atoms with Crippen LogP contribution in [0.25, 0.3) is 0 Å². The smallest absolute Gasteiger partial charge is 0.258 e. The van der Waals surface area contributed by atoms with Crippen molar-refractivity contribution in [3.8, 4) is 17.2 Å². The SMILES string of the molecule is COc1ccc(OC)c(CNC(=O)[C@@H]2CC3(NC(=O)COc4ccc(Cl)c(F)c4)CC2C3)c1. The van der Waals surface area contributed by atoms with Crippen molar-refractivity contribution in [3.05, 3.63) is 52.8 Å². The van der Waals surface area contributed by atoms with Gasteiger partial charge in [-0.25, -0.2) is 4.39 Å². The number of ether oxygens (including phenoxy) is 3. The molecule has 5 rings (SSSR count). The van der Waals surface area contributed by atoms with E-state index in [-0.39, 0.29) is 46.6 Å². The van der Waals surface area contributed by atoms with Crippen LogP contribution in [-0.2, 0) is 16.1 Å². The first kappa shape index (κ1) is 23.2. The van der Waals surface area contributed by atoms with Gasteiger partial charge in [-0.15, -0.1) is 0 Å². The summed E-state index contributed by atoms with van der Waals surface area (Å²) < 4.78 is 29.5. The van der Waals surface area contributed by atoms with Crippen LogP contribution in [0.3, 0.4) is 0 Å². The molecular formula is C24H26ClFN2O5. The second-order valence-corrected chi connectivity index (χ2v) is 8.97. The number of carbonyl (C=O) groups is 2. The van der Waals surface area contributed by atoms with Gasteiger partial charge >= 0.3 is 0 Å². The normalized spacial score (nSPS) is 22.8. The number of halogens is 2. The fourth-order valence-electron chi connectivity index (χ4n) is 4.82. The van der Waals surface area contributed by atoms with Crippen molar-refractivity contribution in [2.24, 2.45) is 11.8 Å². The van der Waals surface area contributed by atoms with Gasteiger partial charge in [0, 0.05) is 29.6 Å². The Morgan fingerprint density at radius 2 is 1.85 bits per heavy atom. The van der Waals surface area contributed by atoms with E-state index in [4.69, 9.17) is 25.8 Å². The molecule has 3 aliphatic rings. The predicted octanol–water partition coefficient (Wildman–Crippen LogP) is 3.48. The molecule has 3 saturated carbocycles. The number of benzene rings is 2. The number of nitrogens with one attached hydrogen (secondary N) is 2. The van der Waals surface area contributed by atoms with Gasteiger partial charge in [0.25, 0.3) is 5.91 Å². The van der Waals surface area contributed by atoms with E-state index < -0.39 is 5.82 Å². The molecule has 0 radical (unpaired) electrons. The lowest BCUT2D eigenvalue weighted by Crippen LogP contribution is -2.53. The zero-order valence-electron chi connectivity index (χ0n) is 18.5. The molecule has 2 N–H and O–H groups in total. The van der Waals surface area contributed by atoms with Gasteiger partial charge in [-0.2, -0.15) is 0 Å². The Balaban J connectivity index is 1.27. The molecule has 3 fully saturated rings. The van der Waals surface area contributed by atoms with Crippen LogP contribution < -0.4 is 24.8 Å². The van der Waals surface area contributed by atoms with Crippen molar-refractivity contribution in [1.82, 2.24) is 10.6 Å². The Bertz CT molecular complexity index is 1060. The monoisotopic (exact) mass is 476 g/mol. The van der Waals surface area contributed by atoms with Crippen LogP contribution in [0.5, 0.6) is 17.2 Å². The summed E-state index contributed by atoms with van der Waals surface area (Å²) in [6.07, 6.45) is 2.10. The van der Waals surface area contributed by atoms with Crippen molar-refractivity contribution in [2.45, 2.75) is 31.3 Å². The molecule has 9 heteroatoms. The summed E-state index contributed by atoms with van der Waals surface area (Å²) in [5.41, 5.74) is 0.445. The Kier molecular flexibility index (Phi) is 6.65. The van der Waals surface area contributed by atoms with Crippen LogP contribution in [-0.4, -0.2) is 38.2 Å². The summed E-state index contributed by atoms with van der Waals surface area (Å²) in [5, 5.41) is 5.99. The largest absolute Gasteiger partial charge is 0.497 e. The van der Waals surface area contributed by atoms with Gasteiger partial charge in [-0.05, 0) is 55.5 Å². The fourth-order valence-corrected chi connectivity index (χ4v) is 4.94. The summed E-state index contributed by atoms with van der Waals surface area (Å²) in [4.78, 5) is 25.2. The summed E-state index contributed by atoms with van der Waals surface area (Å²) in [7, 11) is 3.17. The van der Waals surface area contributed by atoms with Crippen molar-refractivity contribution in [3.63, 3.8) is 0 Å². The van der Waals surface area contributed by atoms with E-state index in [0.29, 0.717) is 24.5 Å². The average Bonchev–Trinajstić information content (AvgIpc) is 3.33. The Hall–Kier alpha value is -3.00. The zero-order chi connectivity index (χ0) is 23.6. The van der Waals surface area contributed by atoms with Gasteiger partial charge in [-0.3, -0.25) is 9.59 Å². The molecule has 0 aliphatic heterocycles. The minimum atomic E-state index is -0.605. The lowest BCUT2D eigenvalue weighted by atomic mass is 9.76. The van der Waals surface area contributed by atoms with Crippen molar-refractivity contribution in [1.29, 1.82) is 0 Å². The summed E-state index contributed by atoms with van der Waals surface area (Å²) in [6.45, 7) is 0.0905. The standard InChI is InChI=1S/C24H26ClFN2O5/c1-31-16-4-6-21(32-2)14(7-16)12-27-23(30)18-11-24(9-15(18)10-24)28-22(29)13-33-17-3-5-19(25)20(26)8-17/h3-8,15,18H,9-13H2,1-2H3,(H,27,30)(H,28,29)/t15?,18-,24?/m1/s1. The number of hydrogen-bond donors (Lipinski definition) is 2. The van der Waals surface area contributed by atoms with Crippen LogP contribution in [0.15, 0.2) is 36.4 Å². The van der Waals surface area contributed by atoms with Crippen LogP contribution in [0, 0.1) is 17.7 Å². The highest BCUT2D eigenvalue weighted by Gasteiger charge is 2.58. The molecule has 0 saturated heterocycles. The highest BCUT2D eigenvalue weighted by molar-refractivity contribution is 6.30. The molecule has 2 aromatic rings. The second-order valence-electron chi connectivity index (χ2n) is 8.57. The van der Waals surface area contributed by atoms with Crippen LogP contribution in [0.2, 0.25) is 5.02 Å². The Morgan fingerprint density at radius 1 is 1.09 bits per heavy atom. The van der Waals surface area contributed by atoms with E-state index in [0.717, 1.165) is 24.5 Å². The molecule has 0 heterocycles. The van der Waals surface area contributed by atoms with Crippen molar-refractivity contribution >= 4 is 23.4 Å². The lowest BCUT2D eigenvalue weighted by Gasteiger charge is -2.39. The van der Waals surface area contributed by atoms with Crippen LogP contribution in [0.4, 0.5) is 4.39 Å². The third-order valence-corrected chi connectivity index (χ3v) is 6.74. The molecule has 0 spiro atoms. The highest BCUT2D eigenvalue weighted by atomic mass is 35.5. The maximum absolute atomic E-state index is 13.5. The maximum Gasteiger partial charge on any atom is 0.258 e. The fraction of sp³-hybridized carbons (Fsp3) is 0.417. The molecular weight excluding hydrogens is 451 g/mol. The lowest BCUT2D eigenvalue weighted by molar-refractivity contribution is -0.126. The molecule has 176 valence electrons. The predicted molar refractivity (Wildman–Crippen MR) is 120 cm³/mol. The van der Waals surface area contributed by atoms with Gasteiger partial charge in [0.1, 0.15) is 23.1 Å².